The van der Waals surface area contributed by atoms with E-state index in [0.717, 1.165) is 55.3 Å². The van der Waals surface area contributed by atoms with Gasteiger partial charge in [0.25, 0.3) is 11.2 Å². The molecule has 1 saturated carbocycles. The zero-order valence-corrected chi connectivity index (χ0v) is 23.0. The number of hydrogen-bond donors (Lipinski definition) is 0. The van der Waals surface area contributed by atoms with Crippen molar-refractivity contribution in [3.05, 3.63) is 73.6 Å². The van der Waals surface area contributed by atoms with E-state index in [1.807, 2.05) is 4.90 Å². The number of aromatic nitrogens is 1. The molecule has 2 aliphatic rings. The average Bonchev–Trinajstić information content (AvgIpc) is 2.94. The maximum Gasteiger partial charge on any atom is 0.416 e. The smallest absolute Gasteiger partial charge is 0.391 e. The highest BCUT2D eigenvalue weighted by Gasteiger charge is 2.34. The van der Waals surface area contributed by atoms with Crippen LogP contribution in [0.1, 0.15) is 36.8 Å². The van der Waals surface area contributed by atoms with Crippen molar-refractivity contribution in [2.45, 2.75) is 38.5 Å². The first-order valence-electron chi connectivity index (χ1n) is 13.3. The summed E-state index contributed by atoms with van der Waals surface area (Å²) in [6, 6.07) is 4.38. The lowest BCUT2D eigenvalue weighted by molar-refractivity contribution is -0.383. The topological polar surface area (TPSA) is 101 Å². The molecule has 5 rings (SSSR count). The van der Waals surface area contributed by atoms with Crippen molar-refractivity contribution < 1.29 is 31.7 Å². The van der Waals surface area contributed by atoms with E-state index >= 15 is 0 Å². The molecule has 0 radical (unpaired) electrons. The number of anilines is 1. The molecule has 42 heavy (non-hydrogen) atoms. The van der Waals surface area contributed by atoms with Crippen LogP contribution in [-0.2, 0) is 17.6 Å². The first-order chi connectivity index (χ1) is 20.0. The van der Waals surface area contributed by atoms with Gasteiger partial charge in [0, 0.05) is 50.4 Å². The lowest BCUT2D eigenvalue weighted by Gasteiger charge is -2.37. The minimum atomic E-state index is -4.84. The van der Waals surface area contributed by atoms with E-state index in [4.69, 9.17) is 4.84 Å². The normalized spacial score (nSPS) is 18.4. The second-order valence-electron chi connectivity index (χ2n) is 10.3. The van der Waals surface area contributed by atoms with Crippen LogP contribution in [0, 0.1) is 27.7 Å². The van der Waals surface area contributed by atoms with E-state index in [9.17, 15) is 36.9 Å². The Bertz CT molecular complexity index is 1560. The molecule has 2 heterocycles. The van der Waals surface area contributed by atoms with Crippen molar-refractivity contribution >= 4 is 38.0 Å². The molecule has 2 aromatic carbocycles. The molecular formula is C27H26F5N5O4S. The molecule has 9 nitrogen and oxygen atoms in total. The Labute approximate surface area is 240 Å². The highest BCUT2D eigenvalue weighted by Crippen LogP contribution is 2.38. The number of nitro benzene ring substituents is 1. The predicted molar refractivity (Wildman–Crippen MR) is 147 cm³/mol. The summed E-state index contributed by atoms with van der Waals surface area (Å²) in [6.07, 6.45) is -1.52. The summed E-state index contributed by atoms with van der Waals surface area (Å²) < 4.78 is 66.3. The van der Waals surface area contributed by atoms with Gasteiger partial charge in [-0.25, -0.2) is 8.78 Å². The maximum absolute atomic E-state index is 13.7. The van der Waals surface area contributed by atoms with Crippen molar-refractivity contribution in [2.24, 2.45) is 11.1 Å². The van der Waals surface area contributed by atoms with E-state index in [-0.39, 0.29) is 22.0 Å². The van der Waals surface area contributed by atoms with Crippen molar-refractivity contribution in [3.8, 4) is 0 Å². The summed E-state index contributed by atoms with van der Waals surface area (Å²) in [4.78, 5) is 36.6. The van der Waals surface area contributed by atoms with E-state index in [1.165, 1.54) is 12.1 Å². The molecule has 0 bridgehead atoms. The highest BCUT2D eigenvalue weighted by atomic mass is 32.1. The number of alkyl halides is 3. The summed E-state index contributed by atoms with van der Waals surface area (Å²) in [5.74, 6) is -0.891. The minimum Gasteiger partial charge on any atom is -0.391 e. The minimum absolute atomic E-state index is 0.0774. The van der Waals surface area contributed by atoms with Crippen LogP contribution in [0.4, 0.5) is 32.8 Å². The maximum atomic E-state index is 13.7. The van der Waals surface area contributed by atoms with Crippen LogP contribution in [-0.4, -0.2) is 53.2 Å². The molecule has 3 aromatic rings. The Hall–Kier alpha value is -3.72. The number of fused-ring (bicyclic) bond motifs is 1. The molecular weight excluding hydrogens is 585 g/mol. The molecule has 0 spiro atoms. The number of oxime groups is 1. The van der Waals surface area contributed by atoms with E-state index in [2.05, 4.69) is 15.0 Å². The molecule has 2 fully saturated rings. The molecule has 0 N–H and O–H groups in total. The Balaban J connectivity index is 1.15. The van der Waals surface area contributed by atoms with Gasteiger partial charge in [-0.1, -0.05) is 16.5 Å². The fourth-order valence-electron chi connectivity index (χ4n) is 5.18. The monoisotopic (exact) mass is 611 g/mol. The molecule has 1 aromatic heterocycles. The molecule has 0 atom stereocenters. The van der Waals surface area contributed by atoms with Gasteiger partial charge >= 0.3 is 6.18 Å². The third-order valence-electron chi connectivity index (χ3n) is 7.48. The summed E-state index contributed by atoms with van der Waals surface area (Å²) in [5.41, 5.74) is -1.83. The third-order valence-corrected chi connectivity index (χ3v) is 8.65. The molecule has 15 heteroatoms. The van der Waals surface area contributed by atoms with Gasteiger partial charge < -0.3 is 9.74 Å². The molecule has 0 amide bonds. The van der Waals surface area contributed by atoms with Crippen molar-refractivity contribution in [1.82, 2.24) is 9.88 Å². The first-order valence-corrected chi connectivity index (χ1v) is 14.1. The summed E-state index contributed by atoms with van der Waals surface area (Å²) >= 11 is 0.850. The molecule has 224 valence electrons. The van der Waals surface area contributed by atoms with Gasteiger partial charge in [-0.2, -0.15) is 18.2 Å². The van der Waals surface area contributed by atoms with Gasteiger partial charge in [0.1, 0.15) is 22.9 Å². The van der Waals surface area contributed by atoms with Gasteiger partial charge in [-0.05, 0) is 49.8 Å². The van der Waals surface area contributed by atoms with E-state index in [0.29, 0.717) is 44.2 Å². The predicted octanol–water partition coefficient (Wildman–Crippen LogP) is 5.75. The lowest BCUT2D eigenvalue weighted by atomic mass is 9.87. The number of benzene rings is 2. The van der Waals surface area contributed by atoms with Gasteiger partial charge in [-0.3, -0.25) is 19.8 Å². The lowest BCUT2D eigenvalue weighted by Crippen LogP contribution is -2.48. The fourth-order valence-corrected chi connectivity index (χ4v) is 6.30. The van der Waals surface area contributed by atoms with Gasteiger partial charge in [0.15, 0.2) is 5.13 Å². The van der Waals surface area contributed by atoms with Crippen LogP contribution in [0.3, 0.4) is 0 Å². The van der Waals surface area contributed by atoms with Crippen LogP contribution < -0.4 is 10.5 Å². The van der Waals surface area contributed by atoms with Crippen molar-refractivity contribution in [2.75, 3.05) is 37.6 Å². The number of non-ortho nitro benzene ring substituents is 1. The molecule has 1 saturated heterocycles. The Morgan fingerprint density at radius 3 is 2.45 bits per heavy atom. The first kappa shape index (κ1) is 29.8. The van der Waals surface area contributed by atoms with Gasteiger partial charge in [0.05, 0.1) is 21.6 Å². The number of nitrogens with zero attached hydrogens (tertiary/aromatic N) is 5. The summed E-state index contributed by atoms with van der Waals surface area (Å²) in [6.45, 7) is 3.13. The summed E-state index contributed by atoms with van der Waals surface area (Å²) in [5, 5.41) is 15.5. The van der Waals surface area contributed by atoms with Crippen LogP contribution >= 0.6 is 11.3 Å². The van der Waals surface area contributed by atoms with Crippen LogP contribution in [0.15, 0.2) is 40.3 Å². The Morgan fingerprint density at radius 2 is 1.81 bits per heavy atom. The second-order valence-corrected chi connectivity index (χ2v) is 11.3. The SMILES string of the molecule is O=c1nc(N2CCN(CC3CCC(=NOCc4ccc(F)cc4F)CC3)CC2)sc2c([N+](=O)[O-])cc(C(F)(F)F)cc12. The zero-order chi connectivity index (χ0) is 30.0. The highest BCUT2D eigenvalue weighted by molar-refractivity contribution is 7.22. The van der Waals surface area contributed by atoms with Crippen LogP contribution in [0.2, 0.25) is 0 Å². The number of rotatable bonds is 7. The zero-order valence-electron chi connectivity index (χ0n) is 22.2. The number of piperazine rings is 1. The molecule has 1 aliphatic carbocycles. The second kappa shape index (κ2) is 12.3. The Morgan fingerprint density at radius 1 is 1.10 bits per heavy atom. The molecule has 0 unspecified atom stereocenters. The standard InChI is InChI=1S/C27H26F5N5O4S/c28-19-4-3-17(22(29)13-19)15-41-34-20-5-1-16(2-6-20)14-35-7-9-36(10-8-35)26-33-25(38)21-11-18(27(30,31)32)12-23(37(39)40)24(21)42-26/h3-4,11-13,16H,1-2,5-10,14-15H2. The number of nitro groups is 1. The fraction of sp³-hybridized carbons (Fsp3) is 0.444. The number of hydrogen-bond acceptors (Lipinski definition) is 9. The molecule has 1 aliphatic heterocycles. The Kier molecular flexibility index (Phi) is 8.68. The number of halogens is 5. The third kappa shape index (κ3) is 6.84. The van der Waals surface area contributed by atoms with Crippen LogP contribution in [0.25, 0.3) is 10.1 Å². The van der Waals surface area contributed by atoms with E-state index < -0.39 is 44.9 Å². The van der Waals surface area contributed by atoms with Gasteiger partial charge in [0.2, 0.25) is 0 Å². The van der Waals surface area contributed by atoms with Gasteiger partial charge in [-0.15, -0.1) is 0 Å². The average molecular weight is 612 g/mol. The largest absolute Gasteiger partial charge is 0.416 e. The van der Waals surface area contributed by atoms with Crippen molar-refractivity contribution in [1.29, 1.82) is 0 Å². The van der Waals surface area contributed by atoms with E-state index in [1.54, 1.807) is 0 Å². The van der Waals surface area contributed by atoms with Crippen LogP contribution in [0.5, 0.6) is 0 Å². The van der Waals surface area contributed by atoms with Crippen molar-refractivity contribution in [3.63, 3.8) is 0 Å². The summed E-state index contributed by atoms with van der Waals surface area (Å²) in [7, 11) is 0. The quantitative estimate of drug-likeness (QED) is 0.191.